The van der Waals surface area contributed by atoms with Gasteiger partial charge in [-0.2, -0.15) is 0 Å². The van der Waals surface area contributed by atoms with Gasteiger partial charge in [0.25, 0.3) is 10.0 Å². The van der Waals surface area contributed by atoms with Gasteiger partial charge in [0.15, 0.2) is 0 Å². The molecule has 0 aliphatic rings. The number of aromatic nitrogens is 3. The minimum atomic E-state index is -3.85. The lowest BCUT2D eigenvalue weighted by atomic mass is 10.1. The quantitative estimate of drug-likeness (QED) is 0.601. The molecule has 0 bridgehead atoms. The smallest absolute Gasteiger partial charge is 0.256 e. The zero-order chi connectivity index (χ0) is 18.0. The molecule has 0 aliphatic heterocycles. The van der Waals surface area contributed by atoms with Gasteiger partial charge in [0, 0.05) is 23.3 Å². The molecule has 26 heavy (non-hydrogen) atoms. The van der Waals surface area contributed by atoms with Crippen LogP contribution in [0, 0.1) is 0 Å². The van der Waals surface area contributed by atoms with Gasteiger partial charge in [0.05, 0.1) is 16.1 Å². The van der Waals surface area contributed by atoms with E-state index in [0.29, 0.717) is 16.6 Å². The van der Waals surface area contributed by atoms with Gasteiger partial charge in [-0.05, 0) is 30.3 Å². The Morgan fingerprint density at radius 2 is 1.62 bits per heavy atom. The number of pyridine rings is 1. The van der Waals surface area contributed by atoms with Crippen LogP contribution in [-0.2, 0) is 10.0 Å². The lowest BCUT2D eigenvalue weighted by molar-refractivity contribution is 0.601. The summed E-state index contributed by atoms with van der Waals surface area (Å²) in [4.78, 5) is 12.7. The van der Waals surface area contributed by atoms with E-state index < -0.39 is 10.0 Å². The average molecular weight is 362 g/mol. The van der Waals surface area contributed by atoms with E-state index in [1.54, 1.807) is 36.5 Å². The molecule has 0 atom stereocenters. The first kappa shape index (κ1) is 16.2. The number of hydrogen-bond acceptors (Lipinski definition) is 5. The lowest BCUT2D eigenvalue weighted by Gasteiger charge is -2.10. The number of sulfonamides is 1. The molecule has 2 heterocycles. The van der Waals surface area contributed by atoms with E-state index in [0.717, 1.165) is 5.56 Å². The Kier molecular flexibility index (Phi) is 4.06. The molecule has 0 radical (unpaired) electrons. The number of hydrogen-bond donors (Lipinski definition) is 1. The normalized spacial score (nSPS) is 11.4. The van der Waals surface area contributed by atoms with Crippen LogP contribution in [0.2, 0.25) is 0 Å². The summed E-state index contributed by atoms with van der Waals surface area (Å²) in [5.41, 5.74) is 2.12. The molecule has 0 saturated heterocycles. The molecule has 6 nitrogen and oxygen atoms in total. The number of rotatable bonds is 4. The van der Waals surface area contributed by atoms with Crippen molar-refractivity contribution in [1.82, 2.24) is 15.0 Å². The Balaban J connectivity index is 1.72. The van der Waals surface area contributed by atoms with E-state index in [4.69, 9.17) is 0 Å². The third-order valence-corrected chi connectivity index (χ3v) is 5.23. The van der Waals surface area contributed by atoms with E-state index in [2.05, 4.69) is 19.7 Å². The third kappa shape index (κ3) is 3.12. The summed E-state index contributed by atoms with van der Waals surface area (Å²) in [6, 6.07) is 19.6. The summed E-state index contributed by atoms with van der Waals surface area (Å²) in [5, 5.41) is 0.543. The number of fused-ring (bicyclic) bond motifs is 1. The minimum absolute atomic E-state index is 0.0206. The van der Waals surface area contributed by atoms with Crippen molar-refractivity contribution in [2.75, 3.05) is 4.72 Å². The van der Waals surface area contributed by atoms with Gasteiger partial charge in [-0.25, -0.2) is 23.1 Å². The molecule has 4 rings (SSSR count). The Bertz CT molecular complexity index is 1170. The van der Waals surface area contributed by atoms with E-state index in [1.165, 1.54) is 12.3 Å². The van der Waals surface area contributed by atoms with Crippen LogP contribution in [0.5, 0.6) is 0 Å². The Morgan fingerprint density at radius 3 is 2.46 bits per heavy atom. The maximum atomic E-state index is 12.8. The van der Waals surface area contributed by atoms with Crippen molar-refractivity contribution in [2.24, 2.45) is 0 Å². The first-order valence-electron chi connectivity index (χ1n) is 7.88. The molecule has 4 aromatic rings. The van der Waals surface area contributed by atoms with Crippen molar-refractivity contribution in [1.29, 1.82) is 0 Å². The fourth-order valence-electron chi connectivity index (χ4n) is 2.66. The number of anilines is 1. The second kappa shape index (κ2) is 6.53. The highest BCUT2D eigenvalue weighted by atomic mass is 32.2. The fourth-order valence-corrected chi connectivity index (χ4v) is 3.83. The van der Waals surface area contributed by atoms with Crippen molar-refractivity contribution in [3.8, 4) is 11.3 Å². The zero-order valence-electron chi connectivity index (χ0n) is 13.6. The lowest BCUT2D eigenvalue weighted by Crippen LogP contribution is -2.15. The molecule has 0 fully saturated rings. The van der Waals surface area contributed by atoms with Crippen LogP contribution in [0.4, 0.5) is 5.95 Å². The first-order chi connectivity index (χ1) is 12.6. The molecule has 1 N–H and O–H groups in total. The minimum Gasteiger partial charge on any atom is -0.256 e. The third-order valence-electron chi connectivity index (χ3n) is 3.85. The van der Waals surface area contributed by atoms with Crippen LogP contribution in [0.1, 0.15) is 0 Å². The zero-order valence-corrected chi connectivity index (χ0v) is 14.4. The summed E-state index contributed by atoms with van der Waals surface area (Å²) in [6.07, 6.45) is 3.15. The average Bonchev–Trinajstić information content (AvgIpc) is 2.68. The Hall–Kier alpha value is -3.32. The summed E-state index contributed by atoms with van der Waals surface area (Å²) in [7, 11) is -3.85. The topological polar surface area (TPSA) is 84.8 Å². The highest BCUT2D eigenvalue weighted by molar-refractivity contribution is 7.93. The van der Waals surface area contributed by atoms with Gasteiger partial charge in [-0.15, -0.1) is 0 Å². The molecule has 0 spiro atoms. The van der Waals surface area contributed by atoms with Gasteiger partial charge in [0.2, 0.25) is 5.95 Å². The molecule has 0 aliphatic carbocycles. The van der Waals surface area contributed by atoms with Gasteiger partial charge in [-0.1, -0.05) is 36.4 Å². The van der Waals surface area contributed by atoms with Crippen LogP contribution >= 0.6 is 0 Å². The van der Waals surface area contributed by atoms with E-state index in [-0.39, 0.29) is 10.8 Å². The number of nitrogens with zero attached hydrogens (tertiary/aromatic N) is 3. The maximum absolute atomic E-state index is 12.8. The van der Waals surface area contributed by atoms with Crippen LogP contribution in [0.15, 0.2) is 84.0 Å². The van der Waals surface area contributed by atoms with Gasteiger partial charge >= 0.3 is 0 Å². The maximum Gasteiger partial charge on any atom is 0.264 e. The Labute approximate surface area is 150 Å². The largest absolute Gasteiger partial charge is 0.264 e. The molecule has 0 unspecified atom stereocenters. The predicted octanol–water partition coefficient (Wildman–Crippen LogP) is 3.49. The van der Waals surface area contributed by atoms with E-state index in [1.807, 2.05) is 30.3 Å². The van der Waals surface area contributed by atoms with Crippen molar-refractivity contribution in [3.63, 3.8) is 0 Å². The monoisotopic (exact) mass is 362 g/mol. The standard InChI is InChI=1S/C19H14N4O2S/c24-26(25,18-10-4-9-17-15(18)8-5-12-20-17)23-19-21-13-11-16(22-19)14-6-2-1-3-7-14/h1-13H,(H,21,22,23). The van der Waals surface area contributed by atoms with Crippen LogP contribution < -0.4 is 4.72 Å². The molecule has 0 saturated carbocycles. The molecule has 2 aromatic heterocycles. The van der Waals surface area contributed by atoms with Crippen LogP contribution in [0.3, 0.4) is 0 Å². The van der Waals surface area contributed by atoms with Crippen LogP contribution in [0.25, 0.3) is 22.2 Å². The van der Waals surface area contributed by atoms with Crippen LogP contribution in [-0.4, -0.2) is 23.4 Å². The molecule has 128 valence electrons. The fraction of sp³-hybridized carbons (Fsp3) is 0. The summed E-state index contributed by atoms with van der Waals surface area (Å²) >= 11 is 0. The van der Waals surface area contributed by atoms with Gasteiger partial charge < -0.3 is 0 Å². The molecule has 7 heteroatoms. The summed E-state index contributed by atoms with van der Waals surface area (Å²) in [6.45, 7) is 0. The van der Waals surface area contributed by atoms with E-state index in [9.17, 15) is 8.42 Å². The number of nitrogens with one attached hydrogen (secondary N) is 1. The van der Waals surface area contributed by atoms with Crippen molar-refractivity contribution >= 4 is 26.9 Å². The van der Waals surface area contributed by atoms with Crippen molar-refractivity contribution in [3.05, 3.63) is 79.1 Å². The predicted molar refractivity (Wildman–Crippen MR) is 100 cm³/mol. The second-order valence-corrected chi connectivity index (χ2v) is 7.21. The number of benzene rings is 2. The molecule has 2 aromatic carbocycles. The van der Waals surface area contributed by atoms with Crippen molar-refractivity contribution in [2.45, 2.75) is 4.90 Å². The summed E-state index contributed by atoms with van der Waals surface area (Å²) in [5.74, 6) is 0.0206. The van der Waals surface area contributed by atoms with Gasteiger partial charge in [0.1, 0.15) is 0 Å². The van der Waals surface area contributed by atoms with E-state index >= 15 is 0 Å². The molecular weight excluding hydrogens is 348 g/mol. The van der Waals surface area contributed by atoms with Crippen molar-refractivity contribution < 1.29 is 8.42 Å². The van der Waals surface area contributed by atoms with Gasteiger partial charge in [-0.3, -0.25) is 4.98 Å². The highest BCUT2D eigenvalue weighted by Gasteiger charge is 2.19. The Morgan fingerprint density at radius 1 is 0.769 bits per heavy atom. The highest BCUT2D eigenvalue weighted by Crippen LogP contribution is 2.23. The SMILES string of the molecule is O=S(=O)(Nc1nccc(-c2ccccc2)n1)c1cccc2ncccc12. The summed E-state index contributed by atoms with van der Waals surface area (Å²) < 4.78 is 28.1. The second-order valence-electron chi connectivity index (χ2n) is 5.56. The first-order valence-corrected chi connectivity index (χ1v) is 9.37. The molecule has 0 amide bonds. The molecular formula is C19H14N4O2S.